The summed E-state index contributed by atoms with van der Waals surface area (Å²) in [6.07, 6.45) is 0.102. The van der Waals surface area contributed by atoms with Gasteiger partial charge in [0.1, 0.15) is 5.75 Å². The van der Waals surface area contributed by atoms with Crippen molar-refractivity contribution in [3.63, 3.8) is 0 Å². The quantitative estimate of drug-likeness (QED) is 0.810. The Morgan fingerprint density at radius 3 is 2.28 bits per heavy atom. The van der Waals surface area contributed by atoms with E-state index in [1.807, 2.05) is 32.0 Å². The first-order valence-electron chi connectivity index (χ1n) is 5.51. The van der Waals surface area contributed by atoms with Crippen molar-refractivity contribution in [1.82, 2.24) is 0 Å². The van der Waals surface area contributed by atoms with Gasteiger partial charge in [0, 0.05) is 10.7 Å². The number of halogens is 1. The third-order valence-electron chi connectivity index (χ3n) is 2.44. The predicted molar refractivity (Wildman–Crippen MR) is 72.8 cm³/mol. The van der Waals surface area contributed by atoms with Gasteiger partial charge in [-0.3, -0.25) is 0 Å². The molecule has 0 saturated heterocycles. The molecule has 0 radical (unpaired) electrons. The van der Waals surface area contributed by atoms with Crippen molar-refractivity contribution in [2.75, 3.05) is 0 Å². The monoisotopic (exact) mass is 284 g/mol. The van der Waals surface area contributed by atoms with Gasteiger partial charge in [-0.05, 0) is 48.9 Å². The molecule has 0 N–H and O–H groups in total. The number of hydrogen-bond acceptors (Lipinski definition) is 3. The molecule has 2 aromatic rings. The van der Waals surface area contributed by atoms with Crippen molar-refractivity contribution in [2.45, 2.75) is 24.8 Å². The van der Waals surface area contributed by atoms with Crippen LogP contribution in [0.5, 0.6) is 5.75 Å². The van der Waals surface area contributed by atoms with Gasteiger partial charge in [-0.2, -0.15) is 0 Å². The van der Waals surface area contributed by atoms with E-state index in [2.05, 4.69) is 0 Å². The summed E-state index contributed by atoms with van der Waals surface area (Å²) in [5.74, 6) is 0.763. The Morgan fingerprint density at radius 2 is 1.67 bits per heavy atom. The largest absolute Gasteiger partial charge is 0.491 e. The van der Waals surface area contributed by atoms with Crippen LogP contribution in [0.2, 0.25) is 0 Å². The van der Waals surface area contributed by atoms with Crippen LogP contribution in [-0.2, 0) is 9.05 Å². The summed E-state index contributed by atoms with van der Waals surface area (Å²) in [4.78, 5) is 0.106. The lowest BCUT2D eigenvalue weighted by Gasteiger charge is -2.10. The first kappa shape index (κ1) is 13.2. The average molecular weight is 285 g/mol. The van der Waals surface area contributed by atoms with Gasteiger partial charge in [0.2, 0.25) is 0 Å². The Balaban J connectivity index is 2.49. The average Bonchev–Trinajstić information content (AvgIpc) is 2.26. The lowest BCUT2D eigenvalue weighted by Crippen LogP contribution is -2.05. The highest BCUT2D eigenvalue weighted by Crippen LogP contribution is 2.25. The van der Waals surface area contributed by atoms with Crippen LogP contribution in [-0.4, -0.2) is 14.5 Å². The van der Waals surface area contributed by atoms with Crippen LogP contribution >= 0.6 is 10.7 Å². The summed E-state index contributed by atoms with van der Waals surface area (Å²) in [7, 11) is 1.62. The highest BCUT2D eigenvalue weighted by atomic mass is 35.7. The normalized spacial score (nSPS) is 12.0. The second-order valence-corrected chi connectivity index (χ2v) is 6.84. The molecule has 3 nitrogen and oxygen atoms in total. The van der Waals surface area contributed by atoms with Crippen molar-refractivity contribution in [3.8, 4) is 5.75 Å². The summed E-state index contributed by atoms with van der Waals surface area (Å²) in [5.41, 5.74) is 0. The molecule has 0 atom stereocenters. The number of ether oxygens (including phenoxy) is 1. The molecule has 96 valence electrons. The summed E-state index contributed by atoms with van der Waals surface area (Å²) in [5, 5.41) is 1.73. The Bertz CT molecular complexity index is 678. The SMILES string of the molecule is CC(C)Oc1ccc2cc(S(=O)(=O)Cl)ccc2c1. The van der Waals surface area contributed by atoms with E-state index < -0.39 is 9.05 Å². The van der Waals surface area contributed by atoms with E-state index in [0.29, 0.717) is 0 Å². The molecule has 0 bridgehead atoms. The molecule has 0 fully saturated rings. The molecule has 0 unspecified atom stereocenters. The Labute approximate surface area is 111 Å². The highest BCUT2D eigenvalue weighted by molar-refractivity contribution is 8.13. The van der Waals surface area contributed by atoms with Gasteiger partial charge in [-0.25, -0.2) is 8.42 Å². The van der Waals surface area contributed by atoms with Gasteiger partial charge in [0.15, 0.2) is 0 Å². The maximum Gasteiger partial charge on any atom is 0.261 e. The van der Waals surface area contributed by atoms with Gasteiger partial charge in [0.05, 0.1) is 11.0 Å². The van der Waals surface area contributed by atoms with Gasteiger partial charge >= 0.3 is 0 Å². The van der Waals surface area contributed by atoms with Crippen molar-refractivity contribution in [2.24, 2.45) is 0 Å². The summed E-state index contributed by atoms with van der Waals surface area (Å²) in [6, 6.07) is 10.3. The minimum Gasteiger partial charge on any atom is -0.491 e. The molecule has 0 aliphatic heterocycles. The minimum absolute atomic E-state index is 0.102. The van der Waals surface area contributed by atoms with Crippen LogP contribution < -0.4 is 4.74 Å². The summed E-state index contributed by atoms with van der Waals surface area (Å²) >= 11 is 0. The summed E-state index contributed by atoms with van der Waals surface area (Å²) < 4.78 is 28.0. The van der Waals surface area contributed by atoms with Crippen LogP contribution in [0, 0.1) is 0 Å². The Hall–Kier alpha value is -1.26. The van der Waals surface area contributed by atoms with Crippen molar-refractivity contribution in [3.05, 3.63) is 36.4 Å². The molecule has 0 aliphatic rings. The fourth-order valence-corrected chi connectivity index (χ4v) is 2.49. The molecule has 0 aliphatic carbocycles. The van der Waals surface area contributed by atoms with Crippen molar-refractivity contribution in [1.29, 1.82) is 0 Å². The zero-order valence-corrected chi connectivity index (χ0v) is 11.6. The smallest absolute Gasteiger partial charge is 0.261 e. The lowest BCUT2D eigenvalue weighted by molar-refractivity contribution is 0.243. The molecule has 0 spiro atoms. The number of benzene rings is 2. The highest BCUT2D eigenvalue weighted by Gasteiger charge is 2.10. The minimum atomic E-state index is -3.68. The Kier molecular flexibility index (Phi) is 3.50. The van der Waals surface area contributed by atoms with Crippen LogP contribution in [0.1, 0.15) is 13.8 Å². The zero-order valence-electron chi connectivity index (χ0n) is 10.1. The summed E-state index contributed by atoms with van der Waals surface area (Å²) in [6.45, 7) is 3.90. The second kappa shape index (κ2) is 4.78. The van der Waals surface area contributed by atoms with Crippen LogP contribution in [0.3, 0.4) is 0 Å². The lowest BCUT2D eigenvalue weighted by atomic mass is 10.1. The van der Waals surface area contributed by atoms with Crippen molar-refractivity contribution >= 4 is 30.5 Å². The third-order valence-corrected chi connectivity index (χ3v) is 3.79. The molecule has 5 heteroatoms. The fourth-order valence-electron chi connectivity index (χ4n) is 1.70. The maximum absolute atomic E-state index is 11.2. The molecule has 0 amide bonds. The standard InChI is InChI=1S/C13H13ClO3S/c1-9(2)17-12-5-3-11-8-13(18(14,15)16)6-4-10(11)7-12/h3-9H,1-2H3. The van der Waals surface area contributed by atoms with Gasteiger partial charge < -0.3 is 4.74 Å². The number of hydrogen-bond donors (Lipinski definition) is 0. The predicted octanol–water partition coefficient (Wildman–Crippen LogP) is 3.55. The first-order chi connectivity index (χ1) is 8.36. The van der Waals surface area contributed by atoms with Crippen molar-refractivity contribution < 1.29 is 13.2 Å². The van der Waals surface area contributed by atoms with Gasteiger partial charge in [0.25, 0.3) is 9.05 Å². The molecular weight excluding hydrogens is 272 g/mol. The van der Waals surface area contributed by atoms with Crippen LogP contribution in [0.4, 0.5) is 0 Å². The number of fused-ring (bicyclic) bond motifs is 1. The molecule has 18 heavy (non-hydrogen) atoms. The van der Waals surface area contributed by atoms with E-state index in [9.17, 15) is 8.42 Å². The van der Waals surface area contributed by atoms with Crippen LogP contribution in [0.15, 0.2) is 41.3 Å². The van der Waals surface area contributed by atoms with E-state index in [1.165, 1.54) is 6.07 Å². The Morgan fingerprint density at radius 1 is 1.06 bits per heavy atom. The van der Waals surface area contributed by atoms with E-state index >= 15 is 0 Å². The first-order valence-corrected chi connectivity index (χ1v) is 7.82. The topological polar surface area (TPSA) is 43.4 Å². The third kappa shape index (κ3) is 2.94. The zero-order chi connectivity index (χ0) is 13.3. The van der Waals surface area contributed by atoms with Gasteiger partial charge in [-0.1, -0.05) is 12.1 Å². The molecule has 0 saturated carbocycles. The van der Waals surface area contributed by atoms with E-state index in [0.717, 1.165) is 16.5 Å². The van der Waals surface area contributed by atoms with Gasteiger partial charge in [-0.15, -0.1) is 0 Å². The molecule has 0 aromatic heterocycles. The van der Waals surface area contributed by atoms with Crippen LogP contribution in [0.25, 0.3) is 10.8 Å². The fraction of sp³-hybridized carbons (Fsp3) is 0.231. The molecule has 2 rings (SSSR count). The van der Waals surface area contributed by atoms with E-state index in [-0.39, 0.29) is 11.0 Å². The molecule has 0 heterocycles. The molecular formula is C13H13ClO3S. The second-order valence-electron chi connectivity index (χ2n) is 4.28. The maximum atomic E-state index is 11.2. The van der Waals surface area contributed by atoms with E-state index in [4.69, 9.17) is 15.4 Å². The van der Waals surface area contributed by atoms with E-state index in [1.54, 1.807) is 12.1 Å². The number of rotatable bonds is 3. The molecule has 2 aromatic carbocycles.